The zero-order valence-corrected chi connectivity index (χ0v) is 19.4. The van der Waals surface area contributed by atoms with Crippen LogP contribution in [0.2, 0.25) is 0 Å². The highest BCUT2D eigenvalue weighted by molar-refractivity contribution is 7.17. The van der Waals surface area contributed by atoms with Crippen molar-refractivity contribution in [2.24, 2.45) is 5.92 Å². The van der Waals surface area contributed by atoms with Crippen molar-refractivity contribution in [2.75, 3.05) is 18.0 Å². The van der Waals surface area contributed by atoms with Gasteiger partial charge in [0, 0.05) is 34.8 Å². The molecular formula is C24H24N4O2S2. The van der Waals surface area contributed by atoms with Crippen molar-refractivity contribution in [3.63, 3.8) is 0 Å². The number of H-pyrrole nitrogens is 1. The molecule has 8 heteroatoms. The molecule has 0 bridgehead atoms. The van der Waals surface area contributed by atoms with Crippen molar-refractivity contribution in [3.05, 3.63) is 68.0 Å². The monoisotopic (exact) mass is 464 g/mol. The summed E-state index contributed by atoms with van der Waals surface area (Å²) in [6, 6.07) is 12.3. The second-order valence-electron chi connectivity index (χ2n) is 8.14. The van der Waals surface area contributed by atoms with Gasteiger partial charge in [0.15, 0.2) is 0 Å². The van der Waals surface area contributed by atoms with E-state index in [-0.39, 0.29) is 17.4 Å². The number of hydrogen-bond acceptors (Lipinski definition) is 6. The lowest BCUT2D eigenvalue weighted by molar-refractivity contribution is -0.125. The van der Waals surface area contributed by atoms with Crippen LogP contribution in [0.5, 0.6) is 0 Å². The number of carbonyl (C=O) groups excluding carboxylic acids is 1. The molecule has 1 aromatic carbocycles. The molecule has 0 saturated carbocycles. The first-order valence-electron chi connectivity index (χ1n) is 10.7. The van der Waals surface area contributed by atoms with E-state index in [1.165, 1.54) is 16.9 Å². The minimum atomic E-state index is -0.107. The molecule has 1 saturated heterocycles. The summed E-state index contributed by atoms with van der Waals surface area (Å²) in [4.78, 5) is 36.4. The fourth-order valence-corrected chi connectivity index (χ4v) is 5.72. The summed E-state index contributed by atoms with van der Waals surface area (Å²) in [6.45, 7) is 4.03. The highest BCUT2D eigenvalue weighted by Crippen LogP contribution is 2.32. The zero-order valence-electron chi connectivity index (χ0n) is 17.8. The molecule has 0 radical (unpaired) electrons. The van der Waals surface area contributed by atoms with Crippen LogP contribution in [-0.4, -0.2) is 29.0 Å². The van der Waals surface area contributed by atoms with Gasteiger partial charge in [0.25, 0.3) is 5.56 Å². The molecule has 0 unspecified atom stereocenters. The largest absolute Gasteiger partial charge is 0.351 e. The van der Waals surface area contributed by atoms with Crippen LogP contribution in [0.25, 0.3) is 21.3 Å². The van der Waals surface area contributed by atoms with Gasteiger partial charge < -0.3 is 10.2 Å². The maximum Gasteiger partial charge on any atom is 0.270 e. The highest BCUT2D eigenvalue weighted by Gasteiger charge is 2.26. The SMILES string of the molecule is Cc1cccc(-c2csc3c(=O)[nH]c(N4CCC(C(=O)NCc5cccs5)CC4)nc23)c1. The second-order valence-corrected chi connectivity index (χ2v) is 10.1. The molecule has 0 atom stereocenters. The molecule has 1 amide bonds. The van der Waals surface area contributed by atoms with Crippen LogP contribution in [0, 0.1) is 12.8 Å². The molecule has 4 aromatic rings. The van der Waals surface area contributed by atoms with E-state index in [2.05, 4.69) is 40.3 Å². The second kappa shape index (κ2) is 8.88. The quantitative estimate of drug-likeness (QED) is 0.454. The number of fused-ring (bicyclic) bond motifs is 1. The summed E-state index contributed by atoms with van der Waals surface area (Å²) in [5, 5.41) is 7.08. The average Bonchev–Trinajstić information content (AvgIpc) is 3.48. The number of nitrogens with one attached hydrogen (secondary N) is 2. The van der Waals surface area contributed by atoms with Crippen LogP contribution in [0.3, 0.4) is 0 Å². The van der Waals surface area contributed by atoms with Gasteiger partial charge in [0.1, 0.15) is 4.70 Å². The van der Waals surface area contributed by atoms with E-state index in [1.807, 2.05) is 29.0 Å². The van der Waals surface area contributed by atoms with E-state index < -0.39 is 0 Å². The number of hydrogen-bond donors (Lipinski definition) is 2. The summed E-state index contributed by atoms with van der Waals surface area (Å²) in [5.74, 6) is 0.687. The minimum absolute atomic E-state index is 0.00864. The molecule has 4 heterocycles. The van der Waals surface area contributed by atoms with Gasteiger partial charge in [-0.25, -0.2) is 4.98 Å². The number of amides is 1. The van der Waals surface area contributed by atoms with E-state index in [9.17, 15) is 9.59 Å². The van der Waals surface area contributed by atoms with Gasteiger partial charge in [0.2, 0.25) is 11.9 Å². The summed E-state index contributed by atoms with van der Waals surface area (Å²) in [6.07, 6.45) is 1.48. The molecule has 3 aromatic heterocycles. The molecule has 2 N–H and O–H groups in total. The van der Waals surface area contributed by atoms with Crippen LogP contribution in [0.1, 0.15) is 23.3 Å². The minimum Gasteiger partial charge on any atom is -0.351 e. The molecule has 1 fully saturated rings. The van der Waals surface area contributed by atoms with Gasteiger partial charge in [-0.2, -0.15) is 0 Å². The van der Waals surface area contributed by atoms with Gasteiger partial charge in [-0.1, -0.05) is 35.9 Å². The van der Waals surface area contributed by atoms with E-state index in [1.54, 1.807) is 11.3 Å². The molecular weight excluding hydrogens is 440 g/mol. The van der Waals surface area contributed by atoms with Crippen molar-refractivity contribution < 1.29 is 4.79 Å². The Balaban J connectivity index is 1.32. The predicted octanol–water partition coefficient (Wildman–Crippen LogP) is 4.55. The lowest BCUT2D eigenvalue weighted by Gasteiger charge is -2.31. The number of benzene rings is 1. The normalized spacial score (nSPS) is 14.7. The van der Waals surface area contributed by atoms with Gasteiger partial charge in [-0.05, 0) is 36.8 Å². The lowest BCUT2D eigenvalue weighted by Crippen LogP contribution is -2.41. The van der Waals surface area contributed by atoms with Crippen LogP contribution >= 0.6 is 22.7 Å². The number of aromatic amines is 1. The third-order valence-corrected chi connectivity index (χ3v) is 7.77. The number of aromatic nitrogens is 2. The smallest absolute Gasteiger partial charge is 0.270 e. The number of rotatable bonds is 5. The Morgan fingerprint density at radius 2 is 2.06 bits per heavy atom. The van der Waals surface area contributed by atoms with Gasteiger partial charge in [0.05, 0.1) is 12.1 Å². The number of carbonyl (C=O) groups is 1. The fourth-order valence-electron chi connectivity index (χ4n) is 4.17. The number of nitrogens with zero attached hydrogens (tertiary/aromatic N) is 2. The molecule has 1 aliphatic heterocycles. The first-order valence-corrected chi connectivity index (χ1v) is 12.5. The Morgan fingerprint density at radius 1 is 1.22 bits per heavy atom. The zero-order chi connectivity index (χ0) is 22.1. The highest BCUT2D eigenvalue weighted by atomic mass is 32.1. The molecule has 32 heavy (non-hydrogen) atoms. The molecule has 5 rings (SSSR count). The Kier molecular flexibility index (Phi) is 5.80. The van der Waals surface area contributed by atoms with Crippen LogP contribution in [0.4, 0.5) is 5.95 Å². The number of aryl methyl sites for hydroxylation is 1. The van der Waals surface area contributed by atoms with Gasteiger partial charge in [-0.15, -0.1) is 22.7 Å². The topological polar surface area (TPSA) is 78.1 Å². The Morgan fingerprint density at radius 3 is 2.81 bits per heavy atom. The van der Waals surface area contributed by atoms with Crippen molar-refractivity contribution in [3.8, 4) is 11.1 Å². The Bertz CT molecular complexity index is 1300. The van der Waals surface area contributed by atoms with Crippen molar-refractivity contribution in [1.82, 2.24) is 15.3 Å². The van der Waals surface area contributed by atoms with Crippen LogP contribution < -0.4 is 15.8 Å². The number of thiophene rings is 2. The van der Waals surface area contributed by atoms with Crippen molar-refractivity contribution in [1.29, 1.82) is 0 Å². The van der Waals surface area contributed by atoms with E-state index in [0.717, 1.165) is 34.4 Å². The third-order valence-electron chi connectivity index (χ3n) is 5.93. The summed E-state index contributed by atoms with van der Waals surface area (Å²) in [7, 11) is 0. The molecule has 1 aliphatic rings. The fraction of sp³-hybridized carbons (Fsp3) is 0.292. The third kappa shape index (κ3) is 4.20. The average molecular weight is 465 g/mol. The van der Waals surface area contributed by atoms with E-state index in [0.29, 0.717) is 30.3 Å². The van der Waals surface area contributed by atoms with Gasteiger partial charge >= 0.3 is 0 Å². The van der Waals surface area contributed by atoms with E-state index in [4.69, 9.17) is 4.98 Å². The molecule has 164 valence electrons. The van der Waals surface area contributed by atoms with Crippen LogP contribution in [-0.2, 0) is 11.3 Å². The number of piperidine rings is 1. The summed E-state index contributed by atoms with van der Waals surface area (Å²) < 4.78 is 0.646. The van der Waals surface area contributed by atoms with Crippen molar-refractivity contribution in [2.45, 2.75) is 26.3 Å². The maximum atomic E-state index is 12.7. The molecule has 0 spiro atoms. The standard InChI is InChI=1S/C24H24N4O2S2/c1-15-4-2-5-17(12-15)19-14-32-21-20(19)26-24(27-23(21)30)28-9-7-16(8-10-28)22(29)25-13-18-6-3-11-31-18/h2-6,11-12,14,16H,7-10,13H2,1H3,(H,25,29)(H,26,27,30). The first-order chi connectivity index (χ1) is 15.6. The van der Waals surface area contributed by atoms with Crippen molar-refractivity contribution >= 4 is 44.7 Å². The molecule has 6 nitrogen and oxygen atoms in total. The van der Waals surface area contributed by atoms with Crippen LogP contribution in [0.15, 0.2) is 52.0 Å². The molecule has 0 aliphatic carbocycles. The first kappa shape index (κ1) is 20.9. The predicted molar refractivity (Wildman–Crippen MR) is 132 cm³/mol. The Hall–Kier alpha value is -2.97. The summed E-state index contributed by atoms with van der Waals surface area (Å²) >= 11 is 3.08. The lowest BCUT2D eigenvalue weighted by atomic mass is 9.96. The number of anilines is 1. The van der Waals surface area contributed by atoms with Gasteiger partial charge in [-0.3, -0.25) is 14.6 Å². The maximum absolute atomic E-state index is 12.7. The van der Waals surface area contributed by atoms with E-state index >= 15 is 0 Å². The summed E-state index contributed by atoms with van der Waals surface area (Å²) in [5.41, 5.74) is 3.87. The Labute approximate surface area is 193 Å².